The Hall–Kier alpha value is -3.36. The van der Waals surface area contributed by atoms with E-state index in [0.717, 1.165) is 22.0 Å². The molecule has 34 heavy (non-hydrogen) atoms. The average Bonchev–Trinajstić information content (AvgIpc) is 3.43. The van der Waals surface area contributed by atoms with Crippen LogP contribution in [-0.4, -0.2) is 39.9 Å². The Morgan fingerprint density at radius 1 is 1.24 bits per heavy atom. The van der Waals surface area contributed by atoms with Gasteiger partial charge in [-0.05, 0) is 50.6 Å². The maximum absolute atomic E-state index is 11.7. The zero-order chi connectivity index (χ0) is 24.4. The van der Waals surface area contributed by atoms with Gasteiger partial charge in [0.1, 0.15) is 11.8 Å². The topological polar surface area (TPSA) is 91.4 Å². The number of aryl methyl sites for hydroxylation is 1. The fraction of sp³-hybridized carbons (Fsp3) is 0.320. The van der Waals surface area contributed by atoms with Crippen molar-refractivity contribution >= 4 is 28.5 Å². The molecule has 0 fully saturated rings. The standard InChI is InChI=1S/C25H27ClN4O4/c1-14(2)33-21-10-9-16(11-20(21)26)24-28-23(29-34-24)19-8-6-7-18-17(13-30(4)22(18)19)12-27-15(3)25(31)32-5/h6-11,13-15,27H,12H2,1-5H3. The molecule has 0 spiro atoms. The molecule has 0 aliphatic carbocycles. The van der Waals surface area contributed by atoms with Crippen LogP contribution < -0.4 is 10.1 Å². The molecule has 9 heteroatoms. The number of hydrogen-bond acceptors (Lipinski definition) is 7. The Balaban J connectivity index is 1.63. The van der Waals surface area contributed by atoms with Crippen LogP contribution in [0.2, 0.25) is 5.02 Å². The number of rotatable bonds is 8. The van der Waals surface area contributed by atoms with Crippen molar-refractivity contribution in [2.45, 2.75) is 39.5 Å². The van der Waals surface area contributed by atoms with E-state index in [2.05, 4.69) is 15.5 Å². The van der Waals surface area contributed by atoms with Gasteiger partial charge in [-0.25, -0.2) is 0 Å². The van der Waals surface area contributed by atoms with E-state index in [1.807, 2.05) is 55.9 Å². The number of aromatic nitrogens is 3. The fourth-order valence-electron chi connectivity index (χ4n) is 3.83. The lowest BCUT2D eigenvalue weighted by Gasteiger charge is -2.11. The second-order valence-electron chi connectivity index (χ2n) is 8.33. The van der Waals surface area contributed by atoms with Crippen molar-refractivity contribution in [2.75, 3.05) is 7.11 Å². The Labute approximate surface area is 202 Å². The fourth-order valence-corrected chi connectivity index (χ4v) is 4.05. The summed E-state index contributed by atoms with van der Waals surface area (Å²) in [5, 5.41) is 8.94. The first-order chi connectivity index (χ1) is 16.3. The van der Waals surface area contributed by atoms with Crippen molar-refractivity contribution in [1.29, 1.82) is 0 Å². The Bertz CT molecular complexity index is 1330. The van der Waals surface area contributed by atoms with Crippen LogP contribution >= 0.6 is 11.6 Å². The number of nitrogens with zero attached hydrogens (tertiary/aromatic N) is 3. The number of para-hydroxylation sites is 1. The summed E-state index contributed by atoms with van der Waals surface area (Å²) in [5.41, 5.74) is 3.57. The smallest absolute Gasteiger partial charge is 0.322 e. The molecule has 1 atom stereocenters. The van der Waals surface area contributed by atoms with Gasteiger partial charge in [-0.1, -0.05) is 28.9 Å². The lowest BCUT2D eigenvalue weighted by atomic mass is 10.1. The molecule has 2 aromatic carbocycles. The van der Waals surface area contributed by atoms with E-state index in [-0.39, 0.29) is 12.1 Å². The maximum Gasteiger partial charge on any atom is 0.322 e. The number of carbonyl (C=O) groups is 1. The van der Waals surface area contributed by atoms with Gasteiger partial charge < -0.3 is 23.9 Å². The summed E-state index contributed by atoms with van der Waals surface area (Å²) < 4.78 is 18.1. The molecule has 1 N–H and O–H groups in total. The normalized spacial score (nSPS) is 12.3. The molecule has 178 valence electrons. The van der Waals surface area contributed by atoms with Gasteiger partial charge in [0.2, 0.25) is 5.82 Å². The highest BCUT2D eigenvalue weighted by molar-refractivity contribution is 6.32. The average molecular weight is 483 g/mol. The van der Waals surface area contributed by atoms with Gasteiger partial charge in [0, 0.05) is 36.3 Å². The monoisotopic (exact) mass is 482 g/mol. The van der Waals surface area contributed by atoms with Crippen LogP contribution in [0.3, 0.4) is 0 Å². The molecule has 2 heterocycles. The molecule has 0 radical (unpaired) electrons. The van der Waals surface area contributed by atoms with Gasteiger partial charge in [-0.3, -0.25) is 4.79 Å². The van der Waals surface area contributed by atoms with Gasteiger partial charge in [0.15, 0.2) is 0 Å². The van der Waals surface area contributed by atoms with E-state index >= 15 is 0 Å². The van der Waals surface area contributed by atoms with Gasteiger partial charge in [-0.15, -0.1) is 0 Å². The zero-order valence-corrected chi connectivity index (χ0v) is 20.5. The summed E-state index contributed by atoms with van der Waals surface area (Å²) in [7, 11) is 3.35. The number of hydrogen-bond donors (Lipinski definition) is 1. The molecular formula is C25H27ClN4O4. The van der Waals surface area contributed by atoms with Crippen LogP contribution in [0, 0.1) is 0 Å². The summed E-state index contributed by atoms with van der Waals surface area (Å²) in [6.07, 6.45) is 2.05. The number of fused-ring (bicyclic) bond motifs is 1. The number of benzene rings is 2. The Kier molecular flexibility index (Phi) is 6.90. The van der Waals surface area contributed by atoms with E-state index in [1.165, 1.54) is 7.11 Å². The van der Waals surface area contributed by atoms with E-state index < -0.39 is 6.04 Å². The first-order valence-electron chi connectivity index (χ1n) is 11.0. The molecule has 4 aromatic rings. The molecule has 0 bridgehead atoms. The molecule has 2 aromatic heterocycles. The largest absolute Gasteiger partial charge is 0.489 e. The maximum atomic E-state index is 11.7. The highest BCUT2D eigenvalue weighted by atomic mass is 35.5. The first kappa shape index (κ1) is 23.8. The second kappa shape index (κ2) is 9.87. The number of ether oxygens (including phenoxy) is 2. The van der Waals surface area contributed by atoms with E-state index in [9.17, 15) is 4.79 Å². The quantitative estimate of drug-likeness (QED) is 0.354. The Morgan fingerprint density at radius 2 is 2.03 bits per heavy atom. The van der Waals surface area contributed by atoms with Crippen molar-refractivity contribution in [3.63, 3.8) is 0 Å². The molecule has 8 nitrogen and oxygen atoms in total. The molecule has 0 saturated carbocycles. The number of esters is 1. The predicted octanol–water partition coefficient (Wildman–Crippen LogP) is 4.99. The third kappa shape index (κ3) is 4.78. The summed E-state index contributed by atoms with van der Waals surface area (Å²) in [5.74, 6) is 1.15. The van der Waals surface area contributed by atoms with Crippen LogP contribution in [0.4, 0.5) is 0 Å². The number of carbonyl (C=O) groups excluding carboxylic acids is 1. The summed E-state index contributed by atoms with van der Waals surface area (Å²) in [6, 6.07) is 10.9. The number of nitrogens with one attached hydrogen (secondary N) is 1. The molecule has 0 aliphatic rings. The van der Waals surface area contributed by atoms with Crippen LogP contribution in [-0.2, 0) is 23.1 Å². The highest BCUT2D eigenvalue weighted by Crippen LogP contribution is 2.33. The molecule has 1 unspecified atom stereocenters. The minimum absolute atomic E-state index is 0.0212. The molecule has 0 amide bonds. The number of methoxy groups -OCH3 is 1. The minimum Gasteiger partial charge on any atom is -0.489 e. The van der Waals surface area contributed by atoms with Gasteiger partial charge >= 0.3 is 5.97 Å². The van der Waals surface area contributed by atoms with E-state index in [0.29, 0.717) is 34.6 Å². The summed E-state index contributed by atoms with van der Waals surface area (Å²) in [6.45, 7) is 6.18. The third-order valence-corrected chi connectivity index (χ3v) is 5.74. The SMILES string of the molecule is COC(=O)C(C)NCc1cn(C)c2c(-c3noc(-c4ccc(OC(C)C)c(Cl)c4)n3)cccc12. The molecule has 4 rings (SSSR count). The second-order valence-corrected chi connectivity index (χ2v) is 8.73. The van der Waals surface area contributed by atoms with Crippen molar-refractivity contribution in [2.24, 2.45) is 7.05 Å². The predicted molar refractivity (Wildman–Crippen MR) is 131 cm³/mol. The summed E-state index contributed by atoms with van der Waals surface area (Å²) in [4.78, 5) is 16.3. The van der Waals surface area contributed by atoms with E-state index in [4.69, 9.17) is 25.6 Å². The minimum atomic E-state index is -0.410. The van der Waals surface area contributed by atoms with Crippen molar-refractivity contribution in [3.05, 3.63) is 53.2 Å². The van der Waals surface area contributed by atoms with E-state index in [1.54, 1.807) is 19.1 Å². The molecule has 0 saturated heterocycles. The lowest BCUT2D eigenvalue weighted by Crippen LogP contribution is -2.34. The zero-order valence-electron chi connectivity index (χ0n) is 19.8. The van der Waals surface area contributed by atoms with Crippen molar-refractivity contribution in [1.82, 2.24) is 20.0 Å². The Morgan fingerprint density at radius 3 is 2.74 bits per heavy atom. The van der Waals surface area contributed by atoms with Gasteiger partial charge in [-0.2, -0.15) is 4.98 Å². The van der Waals surface area contributed by atoms with Crippen molar-refractivity contribution in [3.8, 4) is 28.6 Å². The van der Waals surface area contributed by atoms with Gasteiger partial charge in [0.25, 0.3) is 5.89 Å². The van der Waals surface area contributed by atoms with Crippen LogP contribution in [0.25, 0.3) is 33.7 Å². The highest BCUT2D eigenvalue weighted by Gasteiger charge is 2.19. The van der Waals surface area contributed by atoms with Gasteiger partial charge in [0.05, 0.1) is 23.8 Å². The molecule has 0 aliphatic heterocycles. The third-order valence-electron chi connectivity index (χ3n) is 5.45. The lowest BCUT2D eigenvalue weighted by molar-refractivity contribution is -0.142. The van der Waals surface area contributed by atoms with Crippen LogP contribution in [0.5, 0.6) is 5.75 Å². The van der Waals surface area contributed by atoms with Crippen LogP contribution in [0.1, 0.15) is 26.3 Å². The summed E-state index contributed by atoms with van der Waals surface area (Å²) >= 11 is 6.38. The van der Waals surface area contributed by atoms with Crippen LogP contribution in [0.15, 0.2) is 47.1 Å². The van der Waals surface area contributed by atoms with Crippen molar-refractivity contribution < 1.29 is 18.8 Å². The molecular weight excluding hydrogens is 456 g/mol. The number of halogens is 1. The first-order valence-corrected chi connectivity index (χ1v) is 11.3.